The van der Waals surface area contributed by atoms with E-state index in [2.05, 4.69) is 10.1 Å². The molecule has 1 saturated carbocycles. The monoisotopic (exact) mass is 371 g/mol. The topological polar surface area (TPSA) is 73.9 Å². The average molecular weight is 371 g/mol. The van der Waals surface area contributed by atoms with E-state index in [0.717, 1.165) is 25.7 Å². The molecular weight excluding hydrogens is 348 g/mol. The highest BCUT2D eigenvalue weighted by Gasteiger charge is 2.32. The van der Waals surface area contributed by atoms with Crippen molar-refractivity contribution in [2.24, 2.45) is 5.92 Å². The van der Waals surface area contributed by atoms with Gasteiger partial charge in [-0.1, -0.05) is 18.9 Å². The van der Waals surface area contributed by atoms with Crippen molar-refractivity contribution in [1.82, 2.24) is 5.32 Å². The number of hydrogen-bond acceptors (Lipinski definition) is 5. The predicted octanol–water partition coefficient (Wildman–Crippen LogP) is 3.03. The fraction of sp³-hybridized carbons (Fsp3) is 0.556. The number of rotatable bonds is 8. The number of methoxy groups -OCH3 is 1. The molecule has 1 atom stereocenters. The number of esters is 1. The zero-order chi connectivity index (χ0) is 19.1. The normalized spacial score (nSPS) is 15.6. The Hall–Kier alpha value is -2.38. The van der Waals surface area contributed by atoms with E-state index in [1.54, 1.807) is 0 Å². The molecule has 2 rings (SSSR count). The first-order valence-corrected chi connectivity index (χ1v) is 8.46. The maximum absolute atomic E-state index is 12.4. The van der Waals surface area contributed by atoms with E-state index in [1.165, 1.54) is 32.2 Å². The van der Waals surface area contributed by atoms with Crippen LogP contribution in [-0.2, 0) is 20.9 Å². The third-order valence-corrected chi connectivity index (χ3v) is 4.31. The van der Waals surface area contributed by atoms with Gasteiger partial charge in [0.2, 0.25) is 5.91 Å². The summed E-state index contributed by atoms with van der Waals surface area (Å²) in [5.41, 5.74) is 0.560. The van der Waals surface area contributed by atoms with E-state index >= 15 is 0 Å². The van der Waals surface area contributed by atoms with E-state index in [1.807, 2.05) is 0 Å². The van der Waals surface area contributed by atoms with Gasteiger partial charge < -0.3 is 19.5 Å². The van der Waals surface area contributed by atoms with Gasteiger partial charge >= 0.3 is 12.6 Å². The third kappa shape index (κ3) is 5.57. The minimum atomic E-state index is -2.96. The summed E-state index contributed by atoms with van der Waals surface area (Å²) in [4.78, 5) is 23.8. The number of carbonyl (C=O) groups is 2. The predicted molar refractivity (Wildman–Crippen MR) is 89.0 cm³/mol. The van der Waals surface area contributed by atoms with Crippen LogP contribution in [0, 0.1) is 5.92 Å². The highest BCUT2D eigenvalue weighted by Crippen LogP contribution is 2.31. The van der Waals surface area contributed by atoms with Gasteiger partial charge in [0.25, 0.3) is 0 Å². The quantitative estimate of drug-likeness (QED) is 0.711. The molecule has 0 bridgehead atoms. The van der Waals surface area contributed by atoms with Crippen molar-refractivity contribution in [1.29, 1.82) is 0 Å². The van der Waals surface area contributed by atoms with Crippen molar-refractivity contribution >= 4 is 11.9 Å². The number of ether oxygens (including phenoxy) is 3. The van der Waals surface area contributed by atoms with Gasteiger partial charge in [0, 0.05) is 6.92 Å². The molecule has 1 fully saturated rings. The van der Waals surface area contributed by atoms with E-state index in [-0.39, 0.29) is 29.9 Å². The van der Waals surface area contributed by atoms with E-state index in [4.69, 9.17) is 9.47 Å². The van der Waals surface area contributed by atoms with Gasteiger partial charge in [-0.05, 0) is 36.5 Å². The summed E-state index contributed by atoms with van der Waals surface area (Å²) in [7, 11) is 1.33. The second-order valence-corrected chi connectivity index (χ2v) is 6.19. The lowest BCUT2D eigenvalue weighted by Crippen LogP contribution is -2.45. The lowest BCUT2D eigenvalue weighted by Gasteiger charge is -2.22. The van der Waals surface area contributed by atoms with Crippen molar-refractivity contribution in [3.8, 4) is 11.5 Å². The Morgan fingerprint density at radius 3 is 2.50 bits per heavy atom. The van der Waals surface area contributed by atoms with E-state index in [0.29, 0.717) is 5.56 Å². The molecule has 1 aromatic rings. The molecule has 1 aliphatic carbocycles. The van der Waals surface area contributed by atoms with Gasteiger partial charge in [0.05, 0.1) is 7.11 Å². The van der Waals surface area contributed by atoms with Crippen LogP contribution in [0.25, 0.3) is 0 Å². The van der Waals surface area contributed by atoms with Gasteiger partial charge in [-0.2, -0.15) is 8.78 Å². The first-order valence-electron chi connectivity index (χ1n) is 8.46. The Morgan fingerprint density at radius 1 is 1.23 bits per heavy atom. The van der Waals surface area contributed by atoms with Crippen LogP contribution < -0.4 is 14.8 Å². The maximum atomic E-state index is 12.4. The Bertz CT molecular complexity index is 632. The molecule has 26 heavy (non-hydrogen) atoms. The molecule has 0 heterocycles. The molecule has 0 saturated heterocycles. The van der Waals surface area contributed by atoms with Gasteiger partial charge in [-0.15, -0.1) is 0 Å². The molecule has 1 amide bonds. The van der Waals surface area contributed by atoms with Crippen LogP contribution in [0.5, 0.6) is 11.5 Å². The number of amides is 1. The third-order valence-electron chi connectivity index (χ3n) is 4.31. The number of alkyl halides is 2. The summed E-state index contributed by atoms with van der Waals surface area (Å²) >= 11 is 0. The van der Waals surface area contributed by atoms with E-state index < -0.39 is 18.6 Å². The fourth-order valence-electron chi connectivity index (χ4n) is 3.12. The van der Waals surface area contributed by atoms with Gasteiger partial charge in [-0.3, -0.25) is 4.79 Å². The Labute approximate surface area is 150 Å². The summed E-state index contributed by atoms with van der Waals surface area (Å²) < 4.78 is 39.4. The van der Waals surface area contributed by atoms with Crippen LogP contribution in [0.3, 0.4) is 0 Å². The van der Waals surface area contributed by atoms with Crippen molar-refractivity contribution in [3.05, 3.63) is 23.8 Å². The number of carbonyl (C=O) groups excluding carboxylic acids is 2. The van der Waals surface area contributed by atoms with E-state index in [9.17, 15) is 18.4 Å². The van der Waals surface area contributed by atoms with Crippen LogP contribution in [0.4, 0.5) is 8.78 Å². The number of hydrogen-bond donors (Lipinski definition) is 1. The molecule has 1 aromatic carbocycles. The summed E-state index contributed by atoms with van der Waals surface area (Å²) in [5.74, 6) is -0.691. The standard InChI is InChI=1S/C18H23F2NO5/c1-11(22)21-16(13-5-3-4-6-13)17(23)25-10-12-7-8-14(26-18(19)20)15(9-12)24-2/h7-9,13,16,18H,3-6,10H2,1-2H3,(H,21,22). The van der Waals surface area contributed by atoms with Crippen molar-refractivity contribution < 1.29 is 32.6 Å². The second-order valence-electron chi connectivity index (χ2n) is 6.19. The van der Waals surface area contributed by atoms with Crippen LogP contribution in [0.15, 0.2) is 18.2 Å². The largest absolute Gasteiger partial charge is 0.493 e. The van der Waals surface area contributed by atoms with Gasteiger partial charge in [0.15, 0.2) is 11.5 Å². The van der Waals surface area contributed by atoms with Crippen LogP contribution in [0.2, 0.25) is 0 Å². The molecule has 144 valence electrons. The van der Waals surface area contributed by atoms with Gasteiger partial charge in [0.1, 0.15) is 12.6 Å². The summed E-state index contributed by atoms with van der Waals surface area (Å²) in [6.07, 6.45) is 3.79. The molecule has 0 radical (unpaired) electrons. The highest BCUT2D eigenvalue weighted by atomic mass is 19.3. The molecule has 1 unspecified atom stereocenters. The first-order chi connectivity index (χ1) is 12.4. The number of halogens is 2. The first kappa shape index (κ1) is 19.9. The average Bonchev–Trinajstić information content (AvgIpc) is 3.12. The van der Waals surface area contributed by atoms with Crippen LogP contribution >= 0.6 is 0 Å². The van der Waals surface area contributed by atoms with Crippen LogP contribution in [-0.4, -0.2) is 31.6 Å². The molecule has 6 nitrogen and oxygen atoms in total. The maximum Gasteiger partial charge on any atom is 0.387 e. The Morgan fingerprint density at radius 2 is 1.92 bits per heavy atom. The molecule has 0 aliphatic heterocycles. The Kier molecular flexibility index (Phi) is 7.17. The molecule has 8 heteroatoms. The lowest BCUT2D eigenvalue weighted by molar-refractivity contribution is -0.150. The summed E-state index contributed by atoms with van der Waals surface area (Å²) in [6.45, 7) is -1.66. The summed E-state index contributed by atoms with van der Waals surface area (Å²) in [5, 5.41) is 2.67. The molecule has 0 spiro atoms. The smallest absolute Gasteiger partial charge is 0.387 e. The highest BCUT2D eigenvalue weighted by molar-refractivity contribution is 5.83. The molecular formula is C18H23F2NO5. The molecule has 1 N–H and O–H groups in total. The van der Waals surface area contributed by atoms with Gasteiger partial charge in [-0.25, -0.2) is 4.79 Å². The van der Waals surface area contributed by atoms with Crippen LogP contribution in [0.1, 0.15) is 38.2 Å². The number of benzene rings is 1. The SMILES string of the molecule is COc1cc(COC(=O)C(NC(C)=O)C2CCCC2)ccc1OC(F)F. The second kappa shape index (κ2) is 9.35. The van der Waals surface area contributed by atoms with Crippen molar-refractivity contribution in [3.63, 3.8) is 0 Å². The Balaban J connectivity index is 2.01. The van der Waals surface area contributed by atoms with Crippen molar-refractivity contribution in [2.75, 3.05) is 7.11 Å². The minimum absolute atomic E-state index is 0.0625. The fourth-order valence-corrected chi connectivity index (χ4v) is 3.12. The minimum Gasteiger partial charge on any atom is -0.493 e. The number of nitrogens with one attached hydrogen (secondary N) is 1. The van der Waals surface area contributed by atoms with Crippen molar-refractivity contribution in [2.45, 2.75) is 51.9 Å². The molecule has 0 aromatic heterocycles. The zero-order valence-electron chi connectivity index (χ0n) is 14.8. The zero-order valence-corrected chi connectivity index (χ0v) is 14.8. The molecule has 1 aliphatic rings. The summed E-state index contributed by atoms with van der Waals surface area (Å²) in [6, 6.07) is 3.64. The lowest BCUT2D eigenvalue weighted by atomic mass is 9.98.